The van der Waals surface area contributed by atoms with Crippen LogP contribution in [0.15, 0.2) is 24.3 Å². The Morgan fingerprint density at radius 1 is 1.19 bits per heavy atom. The van der Waals surface area contributed by atoms with E-state index in [1.165, 1.54) is 6.92 Å². The lowest BCUT2D eigenvalue weighted by molar-refractivity contribution is -0.137. The molecule has 0 bridgehead atoms. The number of rotatable bonds is 5. The summed E-state index contributed by atoms with van der Waals surface area (Å²) in [5.41, 5.74) is 1.79. The van der Waals surface area contributed by atoms with Crippen LogP contribution in [-0.4, -0.2) is 53.5 Å². The summed E-state index contributed by atoms with van der Waals surface area (Å²) < 4.78 is 0. The molecule has 1 heterocycles. The van der Waals surface area contributed by atoms with Crippen LogP contribution in [-0.2, 0) is 20.8 Å². The van der Waals surface area contributed by atoms with Gasteiger partial charge in [-0.1, -0.05) is 38.1 Å². The molecule has 0 radical (unpaired) electrons. The highest BCUT2D eigenvalue weighted by molar-refractivity contribution is 5.93. The first-order valence-electron chi connectivity index (χ1n) is 8.84. The number of amides is 3. The van der Waals surface area contributed by atoms with Crippen LogP contribution in [0.25, 0.3) is 0 Å². The van der Waals surface area contributed by atoms with Crippen LogP contribution in [0.2, 0.25) is 0 Å². The monoisotopic (exact) mass is 361 g/mol. The molecule has 26 heavy (non-hydrogen) atoms. The zero-order valence-corrected chi connectivity index (χ0v) is 15.7. The molecule has 1 aromatic carbocycles. The minimum Gasteiger partial charge on any atom is -0.383 e. The molecule has 1 aromatic rings. The number of carbonyl (C=O) groups is 3. The molecule has 2 rings (SSSR count). The Kier molecular flexibility index (Phi) is 6.37. The highest BCUT2D eigenvalue weighted by Gasteiger charge is 2.32. The van der Waals surface area contributed by atoms with E-state index in [0.29, 0.717) is 6.54 Å². The Hall–Kier alpha value is -2.41. The van der Waals surface area contributed by atoms with Gasteiger partial charge in [0.05, 0.1) is 0 Å². The summed E-state index contributed by atoms with van der Waals surface area (Å²) in [6.07, 6.45) is -0.464. The van der Waals surface area contributed by atoms with Gasteiger partial charge in [-0.3, -0.25) is 14.4 Å². The van der Waals surface area contributed by atoms with E-state index < -0.39 is 30.0 Å². The first-order valence-corrected chi connectivity index (χ1v) is 8.84. The number of nitrogens with one attached hydrogen (secondary N) is 2. The number of hydrogen-bond donors (Lipinski definition) is 3. The largest absolute Gasteiger partial charge is 0.383 e. The molecule has 0 unspecified atom stereocenters. The molecular formula is C19H27N3O4. The number of nitrogens with zero attached hydrogens (tertiary/aromatic N) is 1. The molecule has 0 aromatic heterocycles. The maximum absolute atomic E-state index is 12.7. The van der Waals surface area contributed by atoms with Crippen molar-refractivity contribution in [2.75, 3.05) is 13.6 Å². The Morgan fingerprint density at radius 2 is 1.85 bits per heavy atom. The van der Waals surface area contributed by atoms with Crippen LogP contribution in [0.3, 0.4) is 0 Å². The third-order valence-corrected chi connectivity index (χ3v) is 4.64. The third-order valence-electron chi connectivity index (χ3n) is 4.64. The van der Waals surface area contributed by atoms with Crippen molar-refractivity contribution >= 4 is 17.7 Å². The zero-order valence-electron chi connectivity index (χ0n) is 15.7. The van der Waals surface area contributed by atoms with Gasteiger partial charge in [-0.15, -0.1) is 0 Å². The standard InChI is InChI=1S/C19H27N3O4/c1-11(2)16(23)18(25)20-12(3)17(24)21-15-14-8-6-5-7-13(14)9-10-22(4)19(15)26/h5-8,11-12,15-16,23H,9-10H2,1-4H3,(H,20,25)(H,21,24)/t12-,15-,16+/m0/s1. The van der Waals surface area contributed by atoms with E-state index in [0.717, 1.165) is 17.5 Å². The fraction of sp³-hybridized carbons (Fsp3) is 0.526. The smallest absolute Gasteiger partial charge is 0.249 e. The van der Waals surface area contributed by atoms with Gasteiger partial charge in [0.2, 0.25) is 17.7 Å². The Bertz CT molecular complexity index is 689. The van der Waals surface area contributed by atoms with Gasteiger partial charge >= 0.3 is 0 Å². The lowest BCUT2D eigenvalue weighted by Crippen LogP contribution is -2.51. The maximum Gasteiger partial charge on any atom is 0.249 e. The average molecular weight is 361 g/mol. The summed E-state index contributed by atoms with van der Waals surface area (Å²) in [5, 5.41) is 15.0. The molecule has 1 aliphatic heterocycles. The van der Waals surface area contributed by atoms with Crippen LogP contribution < -0.4 is 10.6 Å². The van der Waals surface area contributed by atoms with Gasteiger partial charge in [0.15, 0.2) is 0 Å². The summed E-state index contributed by atoms with van der Waals surface area (Å²) in [6, 6.07) is 5.86. The van der Waals surface area contributed by atoms with E-state index in [-0.39, 0.29) is 11.8 Å². The number of hydrogen-bond acceptors (Lipinski definition) is 4. The van der Waals surface area contributed by atoms with Crippen LogP contribution in [0, 0.1) is 5.92 Å². The molecule has 3 amide bonds. The Labute approximate surface area is 153 Å². The van der Waals surface area contributed by atoms with E-state index in [9.17, 15) is 19.5 Å². The van der Waals surface area contributed by atoms with Gasteiger partial charge < -0.3 is 20.6 Å². The van der Waals surface area contributed by atoms with E-state index in [1.54, 1.807) is 25.8 Å². The van der Waals surface area contributed by atoms with Crippen LogP contribution >= 0.6 is 0 Å². The second kappa shape index (κ2) is 8.31. The summed E-state index contributed by atoms with van der Waals surface area (Å²) in [6.45, 7) is 5.53. The normalized spacial score (nSPS) is 19.4. The quantitative estimate of drug-likeness (QED) is 0.706. The molecular weight excluding hydrogens is 334 g/mol. The van der Waals surface area contributed by atoms with Crippen molar-refractivity contribution < 1.29 is 19.5 Å². The van der Waals surface area contributed by atoms with Gasteiger partial charge in [0.25, 0.3) is 0 Å². The van der Waals surface area contributed by atoms with Crippen molar-refractivity contribution in [1.29, 1.82) is 0 Å². The molecule has 0 saturated carbocycles. The van der Waals surface area contributed by atoms with E-state index >= 15 is 0 Å². The number of aliphatic hydroxyl groups is 1. The fourth-order valence-electron chi connectivity index (χ4n) is 2.87. The van der Waals surface area contributed by atoms with Crippen LogP contribution in [0.1, 0.15) is 37.9 Å². The molecule has 1 aliphatic rings. The fourth-order valence-corrected chi connectivity index (χ4v) is 2.87. The minimum absolute atomic E-state index is 0.191. The second-order valence-electron chi connectivity index (χ2n) is 7.07. The van der Waals surface area contributed by atoms with Crippen LogP contribution in [0.5, 0.6) is 0 Å². The molecule has 0 spiro atoms. The summed E-state index contributed by atoms with van der Waals surface area (Å²) in [5.74, 6) is -1.52. The number of aliphatic hydroxyl groups excluding tert-OH is 1. The Balaban J connectivity index is 2.13. The topological polar surface area (TPSA) is 98.7 Å². The van der Waals surface area contributed by atoms with Crippen molar-refractivity contribution in [2.24, 2.45) is 5.92 Å². The van der Waals surface area contributed by atoms with Gasteiger partial charge in [0.1, 0.15) is 18.2 Å². The maximum atomic E-state index is 12.7. The van der Waals surface area contributed by atoms with E-state index in [1.807, 2.05) is 24.3 Å². The SMILES string of the molecule is CC(C)[C@@H](O)C(=O)N[C@@H](C)C(=O)N[C@@H]1C(=O)N(C)CCc2ccccc21. The number of fused-ring (bicyclic) bond motifs is 1. The molecule has 7 nitrogen and oxygen atoms in total. The molecule has 0 aliphatic carbocycles. The molecule has 7 heteroatoms. The molecule has 3 N–H and O–H groups in total. The van der Waals surface area contributed by atoms with Gasteiger partial charge in [0, 0.05) is 13.6 Å². The van der Waals surface area contributed by atoms with Gasteiger partial charge in [-0.05, 0) is 30.4 Å². The van der Waals surface area contributed by atoms with Crippen molar-refractivity contribution in [3.05, 3.63) is 35.4 Å². The molecule has 3 atom stereocenters. The van der Waals surface area contributed by atoms with Gasteiger partial charge in [-0.25, -0.2) is 0 Å². The summed E-state index contributed by atoms with van der Waals surface area (Å²) in [7, 11) is 1.71. The first kappa shape index (κ1) is 19.9. The lowest BCUT2D eigenvalue weighted by Gasteiger charge is -2.24. The van der Waals surface area contributed by atoms with Crippen molar-refractivity contribution in [3.8, 4) is 0 Å². The lowest BCUT2D eigenvalue weighted by atomic mass is 9.99. The van der Waals surface area contributed by atoms with Crippen LogP contribution in [0.4, 0.5) is 0 Å². The number of carbonyl (C=O) groups excluding carboxylic acids is 3. The minimum atomic E-state index is -1.18. The third kappa shape index (κ3) is 4.40. The summed E-state index contributed by atoms with van der Waals surface area (Å²) in [4.78, 5) is 38.7. The van der Waals surface area contributed by atoms with Crippen molar-refractivity contribution in [3.63, 3.8) is 0 Å². The molecule has 0 fully saturated rings. The second-order valence-corrected chi connectivity index (χ2v) is 7.07. The highest BCUT2D eigenvalue weighted by Crippen LogP contribution is 2.24. The predicted octanol–water partition coefficient (Wildman–Crippen LogP) is 0.380. The predicted molar refractivity (Wildman–Crippen MR) is 97.1 cm³/mol. The highest BCUT2D eigenvalue weighted by atomic mass is 16.3. The van der Waals surface area contributed by atoms with E-state index in [4.69, 9.17) is 0 Å². The van der Waals surface area contributed by atoms with Crippen molar-refractivity contribution in [2.45, 2.75) is 45.4 Å². The summed E-state index contributed by atoms with van der Waals surface area (Å²) >= 11 is 0. The Morgan fingerprint density at radius 3 is 2.50 bits per heavy atom. The van der Waals surface area contributed by atoms with Gasteiger partial charge in [-0.2, -0.15) is 0 Å². The number of likely N-dealkylation sites (N-methyl/N-ethyl adjacent to an activating group) is 1. The average Bonchev–Trinajstić information content (AvgIpc) is 2.73. The van der Waals surface area contributed by atoms with E-state index in [2.05, 4.69) is 10.6 Å². The zero-order chi connectivity index (χ0) is 19.4. The molecule has 142 valence electrons. The number of benzene rings is 1. The van der Waals surface area contributed by atoms with Crippen molar-refractivity contribution in [1.82, 2.24) is 15.5 Å². The first-order chi connectivity index (χ1) is 12.2. The molecule has 0 saturated heterocycles.